The number of nitrogens with one attached hydrogen (secondary N) is 1. The summed E-state index contributed by atoms with van der Waals surface area (Å²) < 4.78 is 40.8. The molecule has 2 aliphatic rings. The van der Waals surface area contributed by atoms with Crippen molar-refractivity contribution in [1.82, 2.24) is 9.88 Å². The molecular weight excluding hydrogens is 429 g/mol. The number of carbonyl (C=O) groups is 1. The van der Waals surface area contributed by atoms with Crippen LogP contribution in [0.3, 0.4) is 0 Å². The predicted molar refractivity (Wildman–Crippen MR) is 122 cm³/mol. The monoisotopic (exact) mass is 458 g/mol. The molecule has 2 heterocycles. The van der Waals surface area contributed by atoms with Crippen LogP contribution in [0.1, 0.15) is 56.4 Å². The summed E-state index contributed by atoms with van der Waals surface area (Å²) in [7, 11) is 0. The fraction of sp³-hybridized carbons (Fsp3) is 0.423. The van der Waals surface area contributed by atoms with Crippen LogP contribution in [0.15, 0.2) is 36.4 Å². The first kappa shape index (κ1) is 23.4. The molecule has 4 nitrogen and oxygen atoms in total. The van der Waals surface area contributed by atoms with Gasteiger partial charge in [-0.2, -0.15) is 0 Å². The molecule has 1 unspecified atom stereocenters. The Hall–Kier alpha value is -2.80. The fourth-order valence-corrected chi connectivity index (χ4v) is 4.83. The molecule has 1 aliphatic carbocycles. The van der Waals surface area contributed by atoms with E-state index in [9.17, 15) is 18.0 Å². The third-order valence-electron chi connectivity index (χ3n) is 6.78. The lowest BCUT2D eigenvalue weighted by Gasteiger charge is -2.32. The van der Waals surface area contributed by atoms with Crippen molar-refractivity contribution >= 4 is 17.3 Å². The lowest BCUT2D eigenvalue weighted by Crippen LogP contribution is -2.38. The van der Waals surface area contributed by atoms with Gasteiger partial charge in [0.2, 0.25) is 6.41 Å². The van der Waals surface area contributed by atoms with Crippen molar-refractivity contribution in [1.29, 1.82) is 0 Å². The number of aromatic amines is 1. The van der Waals surface area contributed by atoms with E-state index >= 15 is 0 Å². The molecule has 1 amide bonds. The van der Waals surface area contributed by atoms with E-state index in [0.29, 0.717) is 22.9 Å². The highest BCUT2D eigenvalue weighted by molar-refractivity contribution is 5.92. The Morgan fingerprint density at radius 3 is 2.39 bits per heavy atom. The van der Waals surface area contributed by atoms with Gasteiger partial charge in [-0.3, -0.25) is 4.79 Å². The molecule has 1 atom stereocenters. The van der Waals surface area contributed by atoms with Crippen LogP contribution in [0.2, 0.25) is 0 Å². The lowest BCUT2D eigenvalue weighted by molar-refractivity contribution is -0.121. The third kappa shape index (κ3) is 5.08. The van der Waals surface area contributed by atoms with Crippen molar-refractivity contribution in [2.45, 2.75) is 56.9 Å². The zero-order valence-electron chi connectivity index (χ0n) is 18.5. The average molecular weight is 459 g/mol. The van der Waals surface area contributed by atoms with Crippen molar-refractivity contribution in [3.63, 3.8) is 0 Å². The Bertz CT molecular complexity index is 1090. The second-order valence-corrected chi connectivity index (χ2v) is 8.86. The van der Waals surface area contributed by atoms with Crippen LogP contribution in [-0.2, 0) is 4.79 Å². The summed E-state index contributed by atoms with van der Waals surface area (Å²) in [5, 5.41) is 9.29. The minimum absolute atomic E-state index is 0.189. The van der Waals surface area contributed by atoms with E-state index in [1.165, 1.54) is 24.6 Å². The van der Waals surface area contributed by atoms with E-state index < -0.39 is 11.6 Å². The van der Waals surface area contributed by atoms with Gasteiger partial charge in [0.05, 0.1) is 11.2 Å². The van der Waals surface area contributed by atoms with Gasteiger partial charge in [0, 0.05) is 30.6 Å². The number of halogens is 3. The van der Waals surface area contributed by atoms with E-state index in [1.807, 2.05) is 0 Å². The molecule has 3 aromatic rings. The highest BCUT2D eigenvalue weighted by Gasteiger charge is 2.28. The first-order valence-corrected chi connectivity index (χ1v) is 11.6. The van der Waals surface area contributed by atoms with Crippen LogP contribution in [0.25, 0.3) is 22.2 Å². The number of rotatable bonds is 5. The molecule has 1 aliphatic heterocycles. The molecule has 0 radical (unpaired) electrons. The van der Waals surface area contributed by atoms with Gasteiger partial charge in [0.15, 0.2) is 0 Å². The molecule has 7 heteroatoms. The van der Waals surface area contributed by atoms with Gasteiger partial charge in [-0.05, 0) is 85.9 Å². The topological polar surface area (TPSA) is 56.3 Å². The smallest absolute Gasteiger partial charge is 0.209 e. The number of benzene rings is 2. The molecule has 2 N–H and O–H groups in total. The predicted octanol–water partition coefficient (Wildman–Crippen LogP) is 5.90. The molecule has 2 aromatic carbocycles. The number of nitrogens with zero attached hydrogens (tertiary/aromatic N) is 1. The van der Waals surface area contributed by atoms with Crippen LogP contribution in [-0.4, -0.2) is 40.6 Å². The van der Waals surface area contributed by atoms with Crippen molar-refractivity contribution < 1.29 is 23.1 Å². The number of aliphatic hydroxyl groups is 1. The molecule has 2 fully saturated rings. The number of aromatic nitrogens is 1. The van der Waals surface area contributed by atoms with Crippen LogP contribution in [0.5, 0.6) is 0 Å². The number of hydrogen-bond acceptors (Lipinski definition) is 2. The standard InChI is InChI=1S/C18H14F3N.C8H15NO2/c19-12-6-4-11(5-7-12)17-16(10-2-1-3-10)14-8-13(20)9-15(21)18(14)22-17;10-6-4-8-3-1-2-5-9(8)7-11/h4-10,22H,1-3H2;7-8,10H,1-6H2. The van der Waals surface area contributed by atoms with Crippen LogP contribution >= 0.6 is 0 Å². The Labute approximate surface area is 191 Å². The number of likely N-dealkylation sites (tertiary alicyclic amines) is 1. The van der Waals surface area contributed by atoms with E-state index in [4.69, 9.17) is 5.11 Å². The summed E-state index contributed by atoms with van der Waals surface area (Å²) in [6.07, 6.45) is 8.14. The number of fused-ring (bicyclic) bond motifs is 1. The Morgan fingerprint density at radius 1 is 1.00 bits per heavy atom. The lowest BCUT2D eigenvalue weighted by atomic mass is 9.78. The number of hydrogen-bond donors (Lipinski definition) is 2. The van der Waals surface area contributed by atoms with Crippen molar-refractivity contribution in [2.75, 3.05) is 13.2 Å². The molecule has 33 heavy (non-hydrogen) atoms. The van der Waals surface area contributed by atoms with Gasteiger partial charge in [-0.25, -0.2) is 13.2 Å². The summed E-state index contributed by atoms with van der Waals surface area (Å²) in [5.41, 5.74) is 2.83. The van der Waals surface area contributed by atoms with Crippen molar-refractivity contribution in [3.8, 4) is 11.3 Å². The van der Waals surface area contributed by atoms with Crippen LogP contribution in [0, 0.1) is 17.5 Å². The first-order valence-electron chi connectivity index (χ1n) is 11.6. The highest BCUT2D eigenvalue weighted by Crippen LogP contribution is 2.45. The number of amides is 1. The van der Waals surface area contributed by atoms with E-state index in [-0.39, 0.29) is 12.4 Å². The summed E-state index contributed by atoms with van der Waals surface area (Å²) >= 11 is 0. The number of piperidine rings is 1. The Balaban J connectivity index is 0.000000200. The van der Waals surface area contributed by atoms with Gasteiger partial charge in [-0.1, -0.05) is 6.42 Å². The third-order valence-corrected chi connectivity index (χ3v) is 6.78. The normalized spacial score (nSPS) is 18.5. The molecule has 5 rings (SSSR count). The molecular formula is C26H29F3N2O2. The maximum Gasteiger partial charge on any atom is 0.209 e. The minimum atomic E-state index is -0.594. The maximum atomic E-state index is 14.1. The van der Waals surface area contributed by atoms with Gasteiger partial charge < -0.3 is 15.0 Å². The summed E-state index contributed by atoms with van der Waals surface area (Å²) in [5.74, 6) is -1.18. The summed E-state index contributed by atoms with van der Waals surface area (Å²) in [6, 6.07) is 8.65. The molecule has 1 saturated heterocycles. The zero-order valence-corrected chi connectivity index (χ0v) is 18.5. The largest absolute Gasteiger partial charge is 0.396 e. The molecule has 0 bridgehead atoms. The van der Waals surface area contributed by atoms with Gasteiger partial charge in [0.1, 0.15) is 17.5 Å². The molecule has 0 spiro atoms. The van der Waals surface area contributed by atoms with E-state index in [2.05, 4.69) is 4.98 Å². The van der Waals surface area contributed by atoms with Crippen molar-refractivity contribution in [2.24, 2.45) is 0 Å². The molecule has 1 saturated carbocycles. The van der Waals surface area contributed by atoms with Gasteiger partial charge in [0.25, 0.3) is 0 Å². The van der Waals surface area contributed by atoms with Gasteiger partial charge in [-0.15, -0.1) is 0 Å². The second kappa shape index (κ2) is 10.4. The van der Waals surface area contributed by atoms with Crippen LogP contribution < -0.4 is 0 Å². The SMILES string of the molecule is Fc1ccc(-c2[nH]c3c(F)cc(F)cc3c2C2CCC2)cc1.O=CN1CCCCC1CCO. The number of carbonyl (C=O) groups excluding carboxylic acids is 1. The average Bonchev–Trinajstić information content (AvgIpc) is 3.13. The molecule has 1 aromatic heterocycles. The van der Waals surface area contributed by atoms with E-state index in [1.54, 1.807) is 17.0 Å². The zero-order chi connectivity index (χ0) is 23.4. The van der Waals surface area contributed by atoms with Gasteiger partial charge >= 0.3 is 0 Å². The Kier molecular flexibility index (Phi) is 7.38. The number of aliphatic hydroxyl groups excluding tert-OH is 1. The minimum Gasteiger partial charge on any atom is -0.396 e. The quantitative estimate of drug-likeness (QED) is 0.468. The van der Waals surface area contributed by atoms with Crippen LogP contribution in [0.4, 0.5) is 13.2 Å². The highest BCUT2D eigenvalue weighted by atomic mass is 19.1. The summed E-state index contributed by atoms with van der Waals surface area (Å²) in [6.45, 7) is 1.06. The molecule has 176 valence electrons. The second-order valence-electron chi connectivity index (χ2n) is 8.86. The summed E-state index contributed by atoms with van der Waals surface area (Å²) in [4.78, 5) is 15.4. The van der Waals surface area contributed by atoms with E-state index in [0.717, 1.165) is 74.4 Å². The first-order chi connectivity index (χ1) is 16.0. The maximum absolute atomic E-state index is 14.1. The number of H-pyrrole nitrogens is 1. The fourth-order valence-electron chi connectivity index (χ4n) is 4.83. The van der Waals surface area contributed by atoms with Crippen molar-refractivity contribution in [3.05, 3.63) is 59.4 Å². The Morgan fingerprint density at radius 2 is 1.76 bits per heavy atom.